The SMILES string of the molecule is COc1ccc(C=O)cc1CSc1nc2c(sc3ncccc32)c(=O)n1Cc1ccccc1Cl. The Morgan fingerprint density at radius 2 is 2.00 bits per heavy atom. The third-order valence-electron chi connectivity index (χ3n) is 5.40. The highest BCUT2D eigenvalue weighted by molar-refractivity contribution is 7.98. The van der Waals surface area contributed by atoms with Gasteiger partial charge in [-0.1, -0.05) is 41.6 Å². The molecule has 0 radical (unpaired) electrons. The van der Waals surface area contributed by atoms with Crippen molar-refractivity contribution in [1.29, 1.82) is 0 Å². The molecule has 3 heterocycles. The molecule has 0 spiro atoms. The van der Waals surface area contributed by atoms with Crippen LogP contribution in [0.1, 0.15) is 21.5 Å². The summed E-state index contributed by atoms with van der Waals surface area (Å²) in [6.45, 7) is 0.289. The normalized spacial score (nSPS) is 11.2. The number of hydrogen-bond acceptors (Lipinski definition) is 7. The lowest BCUT2D eigenvalue weighted by Crippen LogP contribution is -2.23. The summed E-state index contributed by atoms with van der Waals surface area (Å²) in [6, 6.07) is 16.5. The first-order valence-electron chi connectivity index (χ1n) is 10.4. The number of hydrogen-bond donors (Lipinski definition) is 0. The van der Waals surface area contributed by atoms with Gasteiger partial charge in [0.05, 0.1) is 19.2 Å². The maximum atomic E-state index is 13.6. The molecule has 9 heteroatoms. The van der Waals surface area contributed by atoms with Crippen LogP contribution in [0.25, 0.3) is 20.4 Å². The Morgan fingerprint density at radius 1 is 1.15 bits per heavy atom. The van der Waals surface area contributed by atoms with Gasteiger partial charge in [-0.15, -0.1) is 11.3 Å². The van der Waals surface area contributed by atoms with Crippen LogP contribution in [0.3, 0.4) is 0 Å². The van der Waals surface area contributed by atoms with Gasteiger partial charge in [0.1, 0.15) is 21.6 Å². The number of carbonyl (C=O) groups excluding carboxylic acids is 1. The summed E-state index contributed by atoms with van der Waals surface area (Å²) in [6.07, 6.45) is 2.51. The lowest BCUT2D eigenvalue weighted by Gasteiger charge is -2.14. The van der Waals surface area contributed by atoms with E-state index in [1.165, 1.54) is 23.1 Å². The number of nitrogens with zero attached hydrogens (tertiary/aromatic N) is 3. The zero-order valence-electron chi connectivity index (χ0n) is 18.0. The summed E-state index contributed by atoms with van der Waals surface area (Å²) in [5.41, 5.74) is 2.73. The quantitative estimate of drug-likeness (QED) is 0.157. The van der Waals surface area contributed by atoms with E-state index in [0.29, 0.717) is 37.5 Å². The Labute approximate surface area is 208 Å². The van der Waals surface area contributed by atoms with Crippen molar-refractivity contribution in [1.82, 2.24) is 14.5 Å². The first-order valence-corrected chi connectivity index (χ1v) is 12.5. The fourth-order valence-electron chi connectivity index (χ4n) is 3.71. The van der Waals surface area contributed by atoms with E-state index in [2.05, 4.69) is 4.98 Å². The minimum Gasteiger partial charge on any atom is -0.496 e. The van der Waals surface area contributed by atoms with Gasteiger partial charge in [0, 0.05) is 33.5 Å². The van der Waals surface area contributed by atoms with Crippen molar-refractivity contribution in [3.8, 4) is 5.75 Å². The molecule has 170 valence electrons. The predicted molar refractivity (Wildman–Crippen MR) is 138 cm³/mol. The molecule has 0 bridgehead atoms. The van der Waals surface area contributed by atoms with Crippen LogP contribution < -0.4 is 10.3 Å². The molecule has 0 aliphatic carbocycles. The number of fused-ring (bicyclic) bond motifs is 3. The van der Waals surface area contributed by atoms with Crippen molar-refractivity contribution in [3.05, 3.63) is 92.9 Å². The second-order valence-electron chi connectivity index (χ2n) is 7.49. The van der Waals surface area contributed by atoms with Gasteiger partial charge < -0.3 is 4.74 Å². The van der Waals surface area contributed by atoms with Gasteiger partial charge in [0.2, 0.25) is 0 Å². The molecule has 2 aromatic carbocycles. The number of carbonyl (C=O) groups is 1. The zero-order chi connectivity index (χ0) is 23.7. The summed E-state index contributed by atoms with van der Waals surface area (Å²) < 4.78 is 7.69. The Balaban J connectivity index is 1.64. The summed E-state index contributed by atoms with van der Waals surface area (Å²) >= 11 is 9.16. The molecule has 0 aliphatic heterocycles. The van der Waals surface area contributed by atoms with Crippen LogP contribution in [0, 0.1) is 0 Å². The third-order valence-corrected chi connectivity index (χ3v) is 7.89. The lowest BCUT2D eigenvalue weighted by atomic mass is 10.1. The van der Waals surface area contributed by atoms with Crippen LogP contribution in [0.5, 0.6) is 5.75 Å². The van der Waals surface area contributed by atoms with E-state index in [9.17, 15) is 9.59 Å². The topological polar surface area (TPSA) is 74.1 Å². The Bertz CT molecular complexity index is 1600. The van der Waals surface area contributed by atoms with Gasteiger partial charge in [0.15, 0.2) is 5.16 Å². The highest BCUT2D eigenvalue weighted by atomic mass is 35.5. The first kappa shape index (κ1) is 22.6. The lowest BCUT2D eigenvalue weighted by molar-refractivity contribution is 0.112. The van der Waals surface area contributed by atoms with Gasteiger partial charge in [-0.05, 0) is 42.0 Å². The highest BCUT2D eigenvalue weighted by Crippen LogP contribution is 2.33. The average Bonchev–Trinajstić information content (AvgIpc) is 3.24. The van der Waals surface area contributed by atoms with Crippen LogP contribution in [-0.4, -0.2) is 27.9 Å². The van der Waals surface area contributed by atoms with Crippen molar-refractivity contribution in [2.45, 2.75) is 17.5 Å². The molecule has 0 aliphatic rings. The molecule has 0 N–H and O–H groups in total. The second kappa shape index (κ2) is 9.58. The number of ether oxygens (including phenoxy) is 1. The average molecular weight is 508 g/mol. The molecule has 0 unspecified atom stereocenters. The van der Waals surface area contributed by atoms with Gasteiger partial charge in [-0.3, -0.25) is 14.2 Å². The largest absolute Gasteiger partial charge is 0.496 e. The molecule has 5 aromatic rings. The van der Waals surface area contributed by atoms with Crippen molar-refractivity contribution >= 4 is 61.4 Å². The number of pyridine rings is 1. The summed E-state index contributed by atoms with van der Waals surface area (Å²) in [7, 11) is 1.59. The van der Waals surface area contributed by atoms with E-state index in [4.69, 9.17) is 21.3 Å². The van der Waals surface area contributed by atoms with Crippen LogP contribution in [0.2, 0.25) is 5.02 Å². The molecule has 0 fully saturated rings. The fourth-order valence-corrected chi connectivity index (χ4v) is 5.91. The molecule has 0 atom stereocenters. The van der Waals surface area contributed by atoms with Gasteiger partial charge in [-0.2, -0.15) is 0 Å². The zero-order valence-corrected chi connectivity index (χ0v) is 20.4. The molecule has 34 heavy (non-hydrogen) atoms. The Hall–Kier alpha value is -3.20. The maximum Gasteiger partial charge on any atom is 0.272 e. The van der Waals surface area contributed by atoms with Crippen LogP contribution >= 0.6 is 34.7 Å². The number of aromatic nitrogens is 3. The van der Waals surface area contributed by atoms with E-state index in [1.54, 1.807) is 42.1 Å². The van der Waals surface area contributed by atoms with Gasteiger partial charge in [-0.25, -0.2) is 9.97 Å². The smallest absolute Gasteiger partial charge is 0.272 e. The number of rotatable bonds is 7. The first-order chi connectivity index (χ1) is 16.6. The number of benzene rings is 2. The molecule has 6 nitrogen and oxygen atoms in total. The van der Waals surface area contributed by atoms with E-state index < -0.39 is 0 Å². The number of halogens is 1. The highest BCUT2D eigenvalue weighted by Gasteiger charge is 2.18. The third kappa shape index (κ3) is 4.20. The summed E-state index contributed by atoms with van der Waals surface area (Å²) in [5, 5.41) is 2.00. The monoisotopic (exact) mass is 507 g/mol. The molecule has 5 rings (SSSR count). The van der Waals surface area contributed by atoms with Crippen molar-refractivity contribution < 1.29 is 9.53 Å². The summed E-state index contributed by atoms with van der Waals surface area (Å²) in [4.78, 5) is 35.0. The minimum atomic E-state index is -0.135. The predicted octanol–water partition coefficient (Wildman–Crippen LogP) is 5.82. The van der Waals surface area contributed by atoms with E-state index in [-0.39, 0.29) is 12.1 Å². The maximum absolute atomic E-state index is 13.6. The van der Waals surface area contributed by atoms with E-state index >= 15 is 0 Å². The Morgan fingerprint density at radius 3 is 2.79 bits per heavy atom. The van der Waals surface area contributed by atoms with E-state index in [0.717, 1.165) is 27.6 Å². The van der Waals surface area contributed by atoms with Crippen molar-refractivity contribution in [2.24, 2.45) is 0 Å². The molecule has 0 saturated carbocycles. The van der Waals surface area contributed by atoms with Crippen molar-refractivity contribution in [2.75, 3.05) is 7.11 Å². The minimum absolute atomic E-state index is 0.135. The number of thioether (sulfide) groups is 1. The van der Waals surface area contributed by atoms with Crippen LogP contribution in [-0.2, 0) is 12.3 Å². The fraction of sp³-hybridized carbons (Fsp3) is 0.120. The molecule has 0 amide bonds. The van der Waals surface area contributed by atoms with Gasteiger partial charge in [0.25, 0.3) is 5.56 Å². The van der Waals surface area contributed by atoms with Crippen LogP contribution in [0.4, 0.5) is 0 Å². The molecular weight excluding hydrogens is 490 g/mol. The molecule has 0 saturated heterocycles. The van der Waals surface area contributed by atoms with E-state index in [1.807, 2.05) is 30.3 Å². The van der Waals surface area contributed by atoms with Crippen molar-refractivity contribution in [3.63, 3.8) is 0 Å². The number of methoxy groups -OCH3 is 1. The molecule has 3 aromatic heterocycles. The Kier molecular flexibility index (Phi) is 6.36. The standard InChI is InChI=1S/C25H18ClN3O3S2/c1-32-20-9-8-15(13-30)11-17(20)14-33-25-28-21-18-6-4-10-27-23(18)34-22(21)24(31)29(25)12-16-5-2-3-7-19(16)26/h2-11,13H,12,14H2,1H3. The number of thiophene rings is 1. The summed E-state index contributed by atoms with van der Waals surface area (Å²) in [5.74, 6) is 1.13. The molecular formula is C25H18ClN3O3S2. The number of aldehydes is 1. The van der Waals surface area contributed by atoms with Crippen LogP contribution in [0.15, 0.2) is 70.7 Å². The van der Waals surface area contributed by atoms with Gasteiger partial charge >= 0.3 is 0 Å². The second-order valence-corrected chi connectivity index (χ2v) is 9.84.